The van der Waals surface area contributed by atoms with Crippen molar-refractivity contribution in [2.45, 2.75) is 0 Å². The molecular formula is C14H15O3P. The molecule has 0 aromatic heterocycles. The second kappa shape index (κ2) is 7.12. The highest BCUT2D eigenvalue weighted by Gasteiger charge is 1.95. The summed E-state index contributed by atoms with van der Waals surface area (Å²) in [5.41, 5.74) is 2.29. The van der Waals surface area contributed by atoms with E-state index in [1.54, 1.807) is 12.1 Å². The maximum atomic E-state index is 9.10. The van der Waals surface area contributed by atoms with E-state index in [-0.39, 0.29) is 0 Å². The van der Waals surface area contributed by atoms with Crippen LogP contribution in [0.1, 0.15) is 0 Å². The molecule has 0 radical (unpaired) electrons. The molecule has 0 unspecified atom stereocenters. The number of benzene rings is 2. The van der Waals surface area contributed by atoms with Crippen molar-refractivity contribution in [1.29, 1.82) is 0 Å². The third-order valence-corrected chi connectivity index (χ3v) is 3.02. The Morgan fingerprint density at radius 3 is 1.83 bits per heavy atom. The lowest BCUT2D eigenvalue weighted by molar-refractivity contribution is 0.365. The van der Waals surface area contributed by atoms with Crippen molar-refractivity contribution in [3.8, 4) is 16.9 Å². The summed E-state index contributed by atoms with van der Waals surface area (Å²) in [7, 11) is 0.309. The number of aromatic hydroxyl groups is 1. The normalized spacial score (nSPS) is 13.8. The SMILES string of the molecule is C1COPO1.Oc1ccc(-c2ccccc2)cc1. The molecule has 2 aromatic rings. The van der Waals surface area contributed by atoms with Crippen LogP contribution in [0.4, 0.5) is 0 Å². The molecule has 1 aliphatic rings. The Bertz CT molecular complexity index is 445. The van der Waals surface area contributed by atoms with E-state index in [4.69, 9.17) is 14.2 Å². The number of hydrogen-bond acceptors (Lipinski definition) is 3. The summed E-state index contributed by atoms with van der Waals surface area (Å²) >= 11 is 0. The number of phenolic OH excluding ortho intramolecular Hbond substituents is 1. The van der Waals surface area contributed by atoms with Gasteiger partial charge in [-0.2, -0.15) is 0 Å². The average molecular weight is 262 g/mol. The first-order valence-corrected chi connectivity index (χ1v) is 6.51. The Morgan fingerprint density at radius 1 is 0.778 bits per heavy atom. The topological polar surface area (TPSA) is 38.7 Å². The molecular weight excluding hydrogens is 247 g/mol. The first-order chi connectivity index (χ1) is 8.86. The van der Waals surface area contributed by atoms with Gasteiger partial charge in [0.25, 0.3) is 0 Å². The minimum atomic E-state index is 0.305. The molecule has 3 rings (SSSR count). The van der Waals surface area contributed by atoms with Gasteiger partial charge >= 0.3 is 0 Å². The average Bonchev–Trinajstić information content (AvgIpc) is 3.00. The summed E-state index contributed by atoms with van der Waals surface area (Å²) in [6.45, 7) is 1.58. The highest BCUT2D eigenvalue weighted by Crippen LogP contribution is 2.21. The molecule has 1 N–H and O–H groups in total. The van der Waals surface area contributed by atoms with Crippen LogP contribution in [0.15, 0.2) is 54.6 Å². The zero-order chi connectivity index (χ0) is 12.6. The summed E-state index contributed by atoms with van der Waals surface area (Å²) in [6, 6.07) is 17.3. The second-order valence-corrected chi connectivity index (χ2v) is 4.44. The van der Waals surface area contributed by atoms with Crippen molar-refractivity contribution in [1.82, 2.24) is 0 Å². The van der Waals surface area contributed by atoms with Crippen molar-refractivity contribution in [2.24, 2.45) is 0 Å². The van der Waals surface area contributed by atoms with E-state index in [9.17, 15) is 0 Å². The summed E-state index contributed by atoms with van der Waals surface area (Å²) in [4.78, 5) is 0. The molecule has 4 heteroatoms. The summed E-state index contributed by atoms with van der Waals surface area (Å²) in [5.74, 6) is 0.305. The van der Waals surface area contributed by atoms with Gasteiger partial charge in [-0.05, 0) is 23.3 Å². The van der Waals surface area contributed by atoms with Crippen LogP contribution >= 0.6 is 9.03 Å². The highest BCUT2D eigenvalue weighted by molar-refractivity contribution is 7.26. The minimum absolute atomic E-state index is 0.305. The van der Waals surface area contributed by atoms with Gasteiger partial charge in [-0.3, -0.25) is 0 Å². The van der Waals surface area contributed by atoms with Gasteiger partial charge in [-0.1, -0.05) is 42.5 Å². The zero-order valence-corrected chi connectivity index (χ0v) is 10.9. The van der Waals surface area contributed by atoms with E-state index in [1.165, 1.54) is 5.56 Å². The molecule has 18 heavy (non-hydrogen) atoms. The van der Waals surface area contributed by atoms with Crippen LogP contribution < -0.4 is 0 Å². The van der Waals surface area contributed by atoms with Gasteiger partial charge < -0.3 is 14.2 Å². The predicted octanol–water partition coefficient (Wildman–Crippen LogP) is 3.60. The number of rotatable bonds is 1. The standard InChI is InChI=1S/C12H10O.C2H5O2P/c13-12-8-6-11(7-9-12)10-4-2-1-3-5-10;1-2-4-5-3-1/h1-9,13H;5H,1-2H2. The molecule has 0 bridgehead atoms. The minimum Gasteiger partial charge on any atom is -0.508 e. The third-order valence-electron chi connectivity index (χ3n) is 2.38. The molecule has 1 heterocycles. The molecule has 0 aliphatic carbocycles. The van der Waals surface area contributed by atoms with Crippen LogP contribution in [0.5, 0.6) is 5.75 Å². The summed E-state index contributed by atoms with van der Waals surface area (Å²) in [6.07, 6.45) is 0. The van der Waals surface area contributed by atoms with Gasteiger partial charge in [0.2, 0.25) is 0 Å². The Kier molecular flexibility index (Phi) is 5.15. The van der Waals surface area contributed by atoms with Crippen molar-refractivity contribution >= 4 is 9.03 Å². The van der Waals surface area contributed by atoms with E-state index in [0.717, 1.165) is 18.8 Å². The monoisotopic (exact) mass is 262 g/mol. The summed E-state index contributed by atoms with van der Waals surface area (Å²) < 4.78 is 9.50. The van der Waals surface area contributed by atoms with E-state index >= 15 is 0 Å². The molecule has 0 spiro atoms. The van der Waals surface area contributed by atoms with Crippen LogP contribution in [0.25, 0.3) is 11.1 Å². The van der Waals surface area contributed by atoms with Gasteiger partial charge in [0.1, 0.15) is 5.75 Å². The predicted molar refractivity (Wildman–Crippen MR) is 73.8 cm³/mol. The largest absolute Gasteiger partial charge is 0.508 e. The molecule has 1 aliphatic heterocycles. The smallest absolute Gasteiger partial charge is 0.155 e. The Hall–Kier alpha value is -1.41. The van der Waals surface area contributed by atoms with Crippen molar-refractivity contribution in [3.63, 3.8) is 0 Å². The van der Waals surface area contributed by atoms with Crippen LogP contribution in [-0.4, -0.2) is 18.3 Å². The lowest BCUT2D eigenvalue weighted by atomic mass is 10.1. The molecule has 0 saturated carbocycles. The maximum Gasteiger partial charge on any atom is 0.155 e. The fourth-order valence-electron chi connectivity index (χ4n) is 1.49. The fraction of sp³-hybridized carbons (Fsp3) is 0.143. The highest BCUT2D eigenvalue weighted by atomic mass is 31.1. The van der Waals surface area contributed by atoms with E-state index < -0.39 is 0 Å². The van der Waals surface area contributed by atoms with Gasteiger partial charge in [0.15, 0.2) is 9.03 Å². The van der Waals surface area contributed by atoms with E-state index in [1.807, 2.05) is 42.5 Å². The number of phenols is 1. The van der Waals surface area contributed by atoms with Crippen LogP contribution in [0, 0.1) is 0 Å². The molecule has 1 saturated heterocycles. The van der Waals surface area contributed by atoms with Gasteiger partial charge in [-0.15, -0.1) is 0 Å². The summed E-state index contributed by atoms with van der Waals surface area (Å²) in [5, 5.41) is 9.10. The third kappa shape index (κ3) is 4.11. The lowest BCUT2D eigenvalue weighted by Crippen LogP contribution is -1.79. The van der Waals surface area contributed by atoms with Gasteiger partial charge in [-0.25, -0.2) is 0 Å². The van der Waals surface area contributed by atoms with Crippen molar-refractivity contribution < 1.29 is 14.2 Å². The Morgan fingerprint density at radius 2 is 1.33 bits per heavy atom. The first kappa shape index (κ1) is 13.0. The van der Waals surface area contributed by atoms with Crippen LogP contribution in [0.3, 0.4) is 0 Å². The molecule has 1 fully saturated rings. The van der Waals surface area contributed by atoms with E-state index in [2.05, 4.69) is 0 Å². The van der Waals surface area contributed by atoms with Crippen molar-refractivity contribution in [3.05, 3.63) is 54.6 Å². The maximum absolute atomic E-state index is 9.10. The second-order valence-electron chi connectivity index (χ2n) is 3.69. The van der Waals surface area contributed by atoms with Crippen molar-refractivity contribution in [2.75, 3.05) is 13.2 Å². The van der Waals surface area contributed by atoms with E-state index in [0.29, 0.717) is 14.8 Å². The molecule has 94 valence electrons. The lowest BCUT2D eigenvalue weighted by Gasteiger charge is -2.00. The molecule has 3 nitrogen and oxygen atoms in total. The zero-order valence-electron chi connectivity index (χ0n) is 9.87. The van der Waals surface area contributed by atoms with Crippen LogP contribution in [0.2, 0.25) is 0 Å². The van der Waals surface area contributed by atoms with Gasteiger partial charge in [0, 0.05) is 0 Å². The Balaban J connectivity index is 0.000000202. The van der Waals surface area contributed by atoms with Gasteiger partial charge in [0.05, 0.1) is 13.2 Å². The number of hydrogen-bond donors (Lipinski definition) is 1. The fourth-order valence-corrected chi connectivity index (χ4v) is 1.91. The molecule has 0 amide bonds. The quantitative estimate of drug-likeness (QED) is 0.798. The first-order valence-electron chi connectivity index (χ1n) is 5.69. The van der Waals surface area contributed by atoms with Crippen LogP contribution in [-0.2, 0) is 9.05 Å². The molecule has 2 aromatic carbocycles. The Labute approximate surface area is 108 Å². The molecule has 0 atom stereocenters.